The molecule has 114 valence electrons. The highest BCUT2D eigenvalue weighted by molar-refractivity contribution is 5.84. The van der Waals surface area contributed by atoms with Crippen LogP contribution in [0.4, 0.5) is 0 Å². The number of carbonyl (C=O) groups excluding carboxylic acids is 1. The van der Waals surface area contributed by atoms with Gasteiger partial charge in [0.2, 0.25) is 5.91 Å². The number of carboxylic acid groups (broad SMARTS) is 1. The minimum atomic E-state index is -0.908. The summed E-state index contributed by atoms with van der Waals surface area (Å²) in [5.74, 6) is -0.205. The lowest BCUT2D eigenvalue weighted by Gasteiger charge is -2.23. The quantitative estimate of drug-likeness (QED) is 0.903. The van der Waals surface area contributed by atoms with Crippen molar-refractivity contribution in [1.29, 1.82) is 0 Å². The van der Waals surface area contributed by atoms with Crippen LogP contribution in [0.1, 0.15) is 37.7 Å². The Hall–Kier alpha value is -2.04. The second kappa shape index (κ2) is 6.61. The summed E-state index contributed by atoms with van der Waals surface area (Å²) in [6, 6.07) is 6.97. The third-order valence-corrected chi connectivity index (χ3v) is 4.00. The van der Waals surface area contributed by atoms with Crippen LogP contribution in [0.5, 0.6) is 5.75 Å². The maximum atomic E-state index is 12.3. The van der Waals surface area contributed by atoms with Gasteiger partial charge in [0.05, 0.1) is 7.11 Å². The Labute approximate surface area is 124 Å². The molecule has 1 aliphatic rings. The van der Waals surface area contributed by atoms with E-state index in [1.165, 1.54) is 4.90 Å². The predicted octanol–water partition coefficient (Wildman–Crippen LogP) is 2.26. The van der Waals surface area contributed by atoms with Crippen molar-refractivity contribution in [2.24, 2.45) is 0 Å². The van der Waals surface area contributed by atoms with Gasteiger partial charge in [-0.2, -0.15) is 0 Å². The normalized spacial score (nSPS) is 19.3. The molecule has 5 heteroatoms. The van der Waals surface area contributed by atoms with Gasteiger partial charge < -0.3 is 14.7 Å². The monoisotopic (exact) mass is 291 g/mol. The molecule has 1 aromatic carbocycles. The fourth-order valence-electron chi connectivity index (χ4n) is 2.77. The Kier molecular flexibility index (Phi) is 4.83. The van der Waals surface area contributed by atoms with E-state index in [1.54, 1.807) is 7.11 Å². The molecular weight excluding hydrogens is 270 g/mol. The summed E-state index contributed by atoms with van der Waals surface area (Å²) >= 11 is 0. The summed E-state index contributed by atoms with van der Waals surface area (Å²) < 4.78 is 5.19. The Bertz CT molecular complexity index is 529. The zero-order valence-electron chi connectivity index (χ0n) is 12.4. The molecule has 2 atom stereocenters. The van der Waals surface area contributed by atoms with Crippen LogP contribution in [0.15, 0.2) is 24.3 Å². The van der Waals surface area contributed by atoms with Gasteiger partial charge in [0.25, 0.3) is 0 Å². The standard InChI is InChI=1S/C16H21NO4/c1-11(12-5-3-6-13(10-12)21-2)9-15(18)17-8-4-7-14(17)16(19)20/h3,5-6,10-11,14H,4,7-9H2,1-2H3,(H,19,20)/t11-,14-/m1/s1. The minimum Gasteiger partial charge on any atom is -0.497 e. The summed E-state index contributed by atoms with van der Waals surface area (Å²) in [6.07, 6.45) is 1.63. The van der Waals surface area contributed by atoms with E-state index in [9.17, 15) is 9.59 Å². The maximum absolute atomic E-state index is 12.3. The van der Waals surface area contributed by atoms with Crippen molar-refractivity contribution in [3.8, 4) is 5.75 Å². The van der Waals surface area contributed by atoms with Gasteiger partial charge in [-0.25, -0.2) is 4.79 Å². The van der Waals surface area contributed by atoms with Gasteiger partial charge in [-0.1, -0.05) is 19.1 Å². The zero-order chi connectivity index (χ0) is 15.4. The number of aliphatic carboxylic acids is 1. The summed E-state index contributed by atoms with van der Waals surface area (Å²) in [4.78, 5) is 25.0. The smallest absolute Gasteiger partial charge is 0.326 e. The Morgan fingerprint density at radius 3 is 2.90 bits per heavy atom. The summed E-state index contributed by atoms with van der Waals surface area (Å²) in [7, 11) is 1.61. The molecule has 0 aromatic heterocycles. The number of hydrogen-bond acceptors (Lipinski definition) is 3. The highest BCUT2D eigenvalue weighted by Gasteiger charge is 2.34. The van der Waals surface area contributed by atoms with Crippen LogP contribution in [0.25, 0.3) is 0 Å². The number of methoxy groups -OCH3 is 1. The molecule has 21 heavy (non-hydrogen) atoms. The van der Waals surface area contributed by atoms with Crippen LogP contribution < -0.4 is 4.74 Å². The number of carbonyl (C=O) groups is 2. The van der Waals surface area contributed by atoms with Crippen LogP contribution in [0.3, 0.4) is 0 Å². The third kappa shape index (κ3) is 3.54. The highest BCUT2D eigenvalue weighted by atomic mass is 16.5. The van der Waals surface area contributed by atoms with Gasteiger partial charge in [0, 0.05) is 13.0 Å². The van der Waals surface area contributed by atoms with E-state index in [0.29, 0.717) is 19.4 Å². The van der Waals surface area contributed by atoms with E-state index in [4.69, 9.17) is 9.84 Å². The molecular formula is C16H21NO4. The second-order valence-electron chi connectivity index (χ2n) is 5.47. The lowest BCUT2D eigenvalue weighted by atomic mass is 9.97. The summed E-state index contributed by atoms with van der Waals surface area (Å²) in [5.41, 5.74) is 1.02. The van der Waals surface area contributed by atoms with E-state index >= 15 is 0 Å². The molecule has 0 saturated carbocycles. The highest BCUT2D eigenvalue weighted by Crippen LogP contribution is 2.26. The molecule has 1 fully saturated rings. The average Bonchev–Trinajstić information content (AvgIpc) is 2.97. The van der Waals surface area contributed by atoms with Crippen molar-refractivity contribution in [3.63, 3.8) is 0 Å². The number of amides is 1. The van der Waals surface area contributed by atoms with Gasteiger partial charge in [-0.15, -0.1) is 0 Å². The van der Waals surface area contributed by atoms with Crippen molar-refractivity contribution in [1.82, 2.24) is 4.90 Å². The molecule has 1 amide bonds. The fourth-order valence-corrected chi connectivity index (χ4v) is 2.77. The molecule has 1 aliphatic heterocycles. The maximum Gasteiger partial charge on any atom is 0.326 e. The van der Waals surface area contributed by atoms with E-state index in [0.717, 1.165) is 17.7 Å². The Balaban J connectivity index is 2.03. The Morgan fingerprint density at radius 2 is 2.24 bits per heavy atom. The van der Waals surface area contributed by atoms with Crippen molar-refractivity contribution in [2.75, 3.05) is 13.7 Å². The number of hydrogen-bond donors (Lipinski definition) is 1. The molecule has 1 heterocycles. The van der Waals surface area contributed by atoms with Gasteiger partial charge in [-0.3, -0.25) is 4.79 Å². The Morgan fingerprint density at radius 1 is 1.48 bits per heavy atom. The van der Waals surface area contributed by atoms with E-state index in [-0.39, 0.29) is 11.8 Å². The van der Waals surface area contributed by atoms with Crippen molar-refractivity contribution in [3.05, 3.63) is 29.8 Å². The van der Waals surface area contributed by atoms with E-state index in [1.807, 2.05) is 31.2 Å². The number of rotatable bonds is 5. The third-order valence-electron chi connectivity index (χ3n) is 4.00. The molecule has 0 spiro atoms. The van der Waals surface area contributed by atoms with Crippen LogP contribution in [-0.2, 0) is 9.59 Å². The molecule has 1 aromatic rings. The molecule has 1 saturated heterocycles. The zero-order valence-corrected chi connectivity index (χ0v) is 12.4. The number of nitrogens with zero attached hydrogens (tertiary/aromatic N) is 1. The largest absolute Gasteiger partial charge is 0.497 e. The van der Waals surface area contributed by atoms with Gasteiger partial charge in [0.15, 0.2) is 0 Å². The average molecular weight is 291 g/mol. The first-order valence-corrected chi connectivity index (χ1v) is 7.19. The van der Waals surface area contributed by atoms with Crippen LogP contribution in [-0.4, -0.2) is 41.6 Å². The van der Waals surface area contributed by atoms with Gasteiger partial charge >= 0.3 is 5.97 Å². The number of likely N-dealkylation sites (tertiary alicyclic amines) is 1. The van der Waals surface area contributed by atoms with Gasteiger partial charge in [-0.05, 0) is 36.5 Å². The summed E-state index contributed by atoms with van der Waals surface area (Å²) in [6.45, 7) is 2.51. The first-order valence-electron chi connectivity index (χ1n) is 7.19. The second-order valence-corrected chi connectivity index (χ2v) is 5.47. The molecule has 0 radical (unpaired) electrons. The molecule has 2 rings (SSSR count). The lowest BCUT2D eigenvalue weighted by molar-refractivity contribution is -0.148. The molecule has 0 bridgehead atoms. The topological polar surface area (TPSA) is 66.8 Å². The first kappa shape index (κ1) is 15.4. The van der Waals surface area contributed by atoms with Gasteiger partial charge in [0.1, 0.15) is 11.8 Å². The molecule has 1 N–H and O–H groups in total. The fraction of sp³-hybridized carbons (Fsp3) is 0.500. The van der Waals surface area contributed by atoms with Crippen LogP contribution >= 0.6 is 0 Å². The number of ether oxygens (including phenoxy) is 1. The SMILES string of the molecule is COc1cccc([C@H](C)CC(=O)N2CCC[C@@H]2C(=O)O)c1. The predicted molar refractivity (Wildman–Crippen MR) is 78.4 cm³/mol. The lowest BCUT2D eigenvalue weighted by Crippen LogP contribution is -2.40. The molecule has 0 aliphatic carbocycles. The van der Waals surface area contributed by atoms with Crippen molar-refractivity contribution < 1.29 is 19.4 Å². The number of benzene rings is 1. The van der Waals surface area contributed by atoms with E-state index < -0.39 is 12.0 Å². The number of carboxylic acids is 1. The van der Waals surface area contributed by atoms with E-state index in [2.05, 4.69) is 0 Å². The molecule has 5 nitrogen and oxygen atoms in total. The molecule has 0 unspecified atom stereocenters. The van der Waals surface area contributed by atoms with Crippen molar-refractivity contribution in [2.45, 2.75) is 38.1 Å². The van der Waals surface area contributed by atoms with Crippen LogP contribution in [0.2, 0.25) is 0 Å². The minimum absolute atomic E-state index is 0.0302. The summed E-state index contributed by atoms with van der Waals surface area (Å²) in [5, 5.41) is 9.14. The first-order chi connectivity index (χ1) is 10.0. The van der Waals surface area contributed by atoms with Crippen molar-refractivity contribution >= 4 is 11.9 Å². The van der Waals surface area contributed by atoms with Crippen LogP contribution in [0, 0.1) is 0 Å².